The van der Waals surface area contributed by atoms with Crippen molar-refractivity contribution in [2.45, 2.75) is 45.2 Å². The first kappa shape index (κ1) is 12.4. The molecule has 0 aromatic carbocycles. The third-order valence-electron chi connectivity index (χ3n) is 3.36. The Morgan fingerprint density at radius 1 is 1.37 bits per heavy atom. The van der Waals surface area contributed by atoms with E-state index in [1.807, 2.05) is 23.1 Å². The summed E-state index contributed by atoms with van der Waals surface area (Å²) in [6.07, 6.45) is 6.42. The van der Waals surface area contributed by atoms with Crippen LogP contribution in [-0.2, 0) is 6.54 Å². The van der Waals surface area contributed by atoms with Gasteiger partial charge in [-0.15, -0.1) is 0 Å². The van der Waals surface area contributed by atoms with Gasteiger partial charge in [0, 0.05) is 30.9 Å². The van der Waals surface area contributed by atoms with E-state index in [1.165, 1.54) is 24.1 Å². The van der Waals surface area contributed by atoms with E-state index in [-0.39, 0.29) is 0 Å². The summed E-state index contributed by atoms with van der Waals surface area (Å²) in [5, 5.41) is 8.03. The van der Waals surface area contributed by atoms with Crippen LogP contribution in [0.15, 0.2) is 30.6 Å². The molecule has 0 unspecified atom stereocenters. The van der Waals surface area contributed by atoms with Crippen molar-refractivity contribution >= 4 is 0 Å². The highest BCUT2D eigenvalue weighted by molar-refractivity contribution is 5.28. The SMILES string of the molecule is CC(C)NCc1ccnc(-n2ccc(C3CC3)n2)c1. The molecule has 2 heterocycles. The van der Waals surface area contributed by atoms with Gasteiger partial charge in [0.05, 0.1) is 5.69 Å². The van der Waals surface area contributed by atoms with Crippen LogP contribution in [0.25, 0.3) is 5.82 Å². The average molecular weight is 256 g/mol. The van der Waals surface area contributed by atoms with E-state index in [2.05, 4.69) is 41.4 Å². The molecule has 19 heavy (non-hydrogen) atoms. The first-order valence-corrected chi connectivity index (χ1v) is 6.96. The lowest BCUT2D eigenvalue weighted by molar-refractivity contribution is 0.588. The first-order valence-electron chi connectivity index (χ1n) is 6.96. The summed E-state index contributed by atoms with van der Waals surface area (Å²) in [4.78, 5) is 4.40. The van der Waals surface area contributed by atoms with Crippen LogP contribution in [0.4, 0.5) is 0 Å². The topological polar surface area (TPSA) is 42.7 Å². The smallest absolute Gasteiger partial charge is 0.153 e. The molecule has 1 aliphatic rings. The Bertz CT molecular complexity index is 555. The molecule has 0 saturated heterocycles. The van der Waals surface area contributed by atoms with Crippen molar-refractivity contribution in [3.63, 3.8) is 0 Å². The maximum absolute atomic E-state index is 4.61. The second kappa shape index (κ2) is 5.13. The van der Waals surface area contributed by atoms with Gasteiger partial charge in [0.1, 0.15) is 0 Å². The summed E-state index contributed by atoms with van der Waals surface area (Å²) in [5.74, 6) is 1.59. The Balaban J connectivity index is 1.77. The molecule has 0 radical (unpaired) electrons. The monoisotopic (exact) mass is 256 g/mol. The zero-order valence-corrected chi connectivity index (χ0v) is 11.5. The molecular weight excluding hydrogens is 236 g/mol. The van der Waals surface area contributed by atoms with Crippen LogP contribution in [0.5, 0.6) is 0 Å². The lowest BCUT2D eigenvalue weighted by atomic mass is 10.2. The number of hydrogen-bond acceptors (Lipinski definition) is 3. The number of aromatic nitrogens is 3. The molecule has 0 amide bonds. The van der Waals surface area contributed by atoms with E-state index >= 15 is 0 Å². The Morgan fingerprint density at radius 3 is 2.95 bits per heavy atom. The second-order valence-electron chi connectivity index (χ2n) is 5.52. The highest BCUT2D eigenvalue weighted by Crippen LogP contribution is 2.38. The van der Waals surface area contributed by atoms with Gasteiger partial charge in [-0.05, 0) is 36.6 Å². The summed E-state index contributed by atoms with van der Waals surface area (Å²) in [7, 11) is 0. The largest absolute Gasteiger partial charge is 0.310 e. The van der Waals surface area contributed by atoms with E-state index < -0.39 is 0 Å². The van der Waals surface area contributed by atoms with Crippen molar-refractivity contribution in [3.05, 3.63) is 41.9 Å². The van der Waals surface area contributed by atoms with Gasteiger partial charge in [0.15, 0.2) is 5.82 Å². The third kappa shape index (κ3) is 3.01. The molecule has 2 aromatic rings. The van der Waals surface area contributed by atoms with Crippen LogP contribution in [0.2, 0.25) is 0 Å². The number of pyridine rings is 1. The van der Waals surface area contributed by atoms with E-state index in [1.54, 1.807) is 0 Å². The molecule has 0 bridgehead atoms. The van der Waals surface area contributed by atoms with Gasteiger partial charge in [-0.2, -0.15) is 5.10 Å². The molecule has 3 rings (SSSR count). The summed E-state index contributed by atoms with van der Waals surface area (Å²) in [6, 6.07) is 6.74. The summed E-state index contributed by atoms with van der Waals surface area (Å²) < 4.78 is 1.88. The normalized spacial score (nSPS) is 15.1. The van der Waals surface area contributed by atoms with E-state index in [4.69, 9.17) is 0 Å². The van der Waals surface area contributed by atoms with Crippen molar-refractivity contribution in [3.8, 4) is 5.82 Å². The van der Waals surface area contributed by atoms with E-state index in [0.29, 0.717) is 12.0 Å². The second-order valence-corrected chi connectivity index (χ2v) is 5.52. The van der Waals surface area contributed by atoms with E-state index in [9.17, 15) is 0 Å². The quantitative estimate of drug-likeness (QED) is 0.894. The molecule has 0 atom stereocenters. The lowest BCUT2D eigenvalue weighted by Gasteiger charge is -2.09. The van der Waals surface area contributed by atoms with Crippen molar-refractivity contribution in [2.24, 2.45) is 0 Å². The minimum Gasteiger partial charge on any atom is -0.310 e. The predicted octanol–water partition coefficient (Wildman–Crippen LogP) is 2.64. The van der Waals surface area contributed by atoms with Gasteiger partial charge in [0.2, 0.25) is 0 Å². The zero-order valence-electron chi connectivity index (χ0n) is 11.5. The number of nitrogens with zero attached hydrogens (tertiary/aromatic N) is 3. The number of nitrogens with one attached hydrogen (secondary N) is 1. The van der Waals surface area contributed by atoms with E-state index in [0.717, 1.165) is 12.4 Å². The number of hydrogen-bond donors (Lipinski definition) is 1. The average Bonchev–Trinajstić information content (AvgIpc) is 3.14. The Morgan fingerprint density at radius 2 is 2.21 bits per heavy atom. The third-order valence-corrected chi connectivity index (χ3v) is 3.36. The molecule has 4 heteroatoms. The van der Waals surface area contributed by atoms with Crippen LogP contribution < -0.4 is 5.32 Å². The van der Waals surface area contributed by atoms with Crippen molar-refractivity contribution < 1.29 is 0 Å². The fraction of sp³-hybridized carbons (Fsp3) is 0.467. The molecule has 1 N–H and O–H groups in total. The van der Waals surface area contributed by atoms with Crippen LogP contribution in [0, 0.1) is 0 Å². The zero-order chi connectivity index (χ0) is 13.2. The van der Waals surface area contributed by atoms with Crippen LogP contribution >= 0.6 is 0 Å². The molecule has 0 spiro atoms. The molecule has 0 aliphatic heterocycles. The number of rotatable bonds is 5. The fourth-order valence-electron chi connectivity index (χ4n) is 2.08. The molecule has 100 valence electrons. The summed E-state index contributed by atoms with van der Waals surface area (Å²) >= 11 is 0. The molecule has 2 aromatic heterocycles. The summed E-state index contributed by atoms with van der Waals surface area (Å²) in [6.45, 7) is 5.17. The fourth-order valence-corrected chi connectivity index (χ4v) is 2.08. The molecule has 1 fully saturated rings. The minimum atomic E-state index is 0.489. The summed E-state index contributed by atoms with van der Waals surface area (Å²) in [5.41, 5.74) is 2.44. The Hall–Kier alpha value is -1.68. The maximum Gasteiger partial charge on any atom is 0.153 e. The maximum atomic E-state index is 4.61. The van der Waals surface area contributed by atoms with Gasteiger partial charge in [-0.1, -0.05) is 13.8 Å². The van der Waals surface area contributed by atoms with Crippen molar-refractivity contribution in [2.75, 3.05) is 0 Å². The molecule has 1 saturated carbocycles. The van der Waals surface area contributed by atoms with Crippen molar-refractivity contribution in [1.82, 2.24) is 20.1 Å². The van der Waals surface area contributed by atoms with Gasteiger partial charge >= 0.3 is 0 Å². The van der Waals surface area contributed by atoms with Crippen LogP contribution in [0.1, 0.15) is 43.9 Å². The van der Waals surface area contributed by atoms with Gasteiger partial charge in [0.25, 0.3) is 0 Å². The Labute approximate surface area is 113 Å². The molecular formula is C15H20N4. The van der Waals surface area contributed by atoms with Gasteiger partial charge in [-0.3, -0.25) is 0 Å². The van der Waals surface area contributed by atoms with Crippen LogP contribution in [-0.4, -0.2) is 20.8 Å². The standard InChI is InChI=1S/C15H20N4/c1-11(2)17-10-12-5-7-16-15(9-12)19-8-6-14(18-19)13-3-4-13/h5-9,11,13,17H,3-4,10H2,1-2H3. The van der Waals surface area contributed by atoms with Gasteiger partial charge < -0.3 is 5.32 Å². The lowest BCUT2D eigenvalue weighted by Crippen LogP contribution is -2.21. The van der Waals surface area contributed by atoms with Crippen molar-refractivity contribution in [1.29, 1.82) is 0 Å². The molecule has 4 nitrogen and oxygen atoms in total. The first-order chi connectivity index (χ1) is 9.22. The Kier molecular flexibility index (Phi) is 3.34. The highest BCUT2D eigenvalue weighted by Gasteiger charge is 2.25. The minimum absolute atomic E-state index is 0.489. The van der Waals surface area contributed by atoms with Crippen LogP contribution in [0.3, 0.4) is 0 Å². The highest BCUT2D eigenvalue weighted by atomic mass is 15.3. The predicted molar refractivity (Wildman–Crippen MR) is 75.3 cm³/mol. The molecule has 1 aliphatic carbocycles. The van der Waals surface area contributed by atoms with Gasteiger partial charge in [-0.25, -0.2) is 9.67 Å².